The summed E-state index contributed by atoms with van der Waals surface area (Å²) in [6, 6.07) is 0. The van der Waals surface area contributed by atoms with E-state index in [0.29, 0.717) is 0 Å². The lowest BCUT2D eigenvalue weighted by Crippen LogP contribution is -2.24. The first kappa shape index (κ1) is 15.2. The molecule has 102 valence electrons. The SMILES string of the molecule is CCCNCc1cncnc1N(C)CCCSC. The van der Waals surface area contributed by atoms with Crippen LogP contribution in [0.4, 0.5) is 5.82 Å². The second-order valence-corrected chi connectivity index (χ2v) is 5.30. The first-order valence-corrected chi connectivity index (χ1v) is 7.88. The van der Waals surface area contributed by atoms with Gasteiger partial charge in [-0.2, -0.15) is 11.8 Å². The molecule has 0 aromatic carbocycles. The summed E-state index contributed by atoms with van der Waals surface area (Å²) in [5.74, 6) is 2.24. The van der Waals surface area contributed by atoms with Gasteiger partial charge in [-0.1, -0.05) is 6.92 Å². The van der Waals surface area contributed by atoms with E-state index >= 15 is 0 Å². The van der Waals surface area contributed by atoms with Crippen molar-refractivity contribution in [2.75, 3.05) is 37.0 Å². The summed E-state index contributed by atoms with van der Waals surface area (Å²) < 4.78 is 0. The van der Waals surface area contributed by atoms with Crippen LogP contribution in [0.15, 0.2) is 12.5 Å². The Bertz CT molecular complexity index is 333. The van der Waals surface area contributed by atoms with Gasteiger partial charge in [0.2, 0.25) is 0 Å². The summed E-state index contributed by atoms with van der Waals surface area (Å²) in [6.07, 6.45) is 8.01. The molecule has 0 amide bonds. The molecule has 0 saturated carbocycles. The van der Waals surface area contributed by atoms with Crippen LogP contribution in [-0.4, -0.2) is 42.1 Å². The molecule has 1 heterocycles. The van der Waals surface area contributed by atoms with Crippen LogP contribution in [-0.2, 0) is 6.54 Å². The number of aromatic nitrogens is 2. The molecule has 0 bridgehead atoms. The van der Waals surface area contributed by atoms with E-state index in [9.17, 15) is 0 Å². The Kier molecular flexibility index (Phi) is 7.76. The third kappa shape index (κ3) is 5.23. The lowest BCUT2D eigenvalue weighted by molar-refractivity contribution is 0.669. The van der Waals surface area contributed by atoms with Crippen molar-refractivity contribution in [1.29, 1.82) is 0 Å². The van der Waals surface area contributed by atoms with Crippen LogP contribution in [0, 0.1) is 0 Å². The Morgan fingerprint density at radius 3 is 3.00 bits per heavy atom. The average Bonchev–Trinajstić information content (AvgIpc) is 2.40. The van der Waals surface area contributed by atoms with Crippen molar-refractivity contribution in [3.05, 3.63) is 18.1 Å². The zero-order valence-corrected chi connectivity index (χ0v) is 12.5. The zero-order valence-electron chi connectivity index (χ0n) is 11.6. The molecule has 0 fully saturated rings. The first-order valence-electron chi connectivity index (χ1n) is 6.49. The minimum Gasteiger partial charge on any atom is -0.359 e. The van der Waals surface area contributed by atoms with Crippen molar-refractivity contribution < 1.29 is 0 Å². The maximum Gasteiger partial charge on any atom is 0.136 e. The maximum absolute atomic E-state index is 4.40. The van der Waals surface area contributed by atoms with Crippen molar-refractivity contribution in [3.8, 4) is 0 Å². The Balaban J connectivity index is 2.56. The van der Waals surface area contributed by atoms with Gasteiger partial charge in [-0.25, -0.2) is 9.97 Å². The molecule has 4 nitrogen and oxygen atoms in total. The zero-order chi connectivity index (χ0) is 13.2. The van der Waals surface area contributed by atoms with Crippen molar-refractivity contribution in [2.45, 2.75) is 26.3 Å². The van der Waals surface area contributed by atoms with Crippen LogP contribution < -0.4 is 10.2 Å². The second kappa shape index (κ2) is 9.16. The molecular weight excluding hydrogens is 244 g/mol. The van der Waals surface area contributed by atoms with Gasteiger partial charge in [0.25, 0.3) is 0 Å². The molecule has 5 heteroatoms. The van der Waals surface area contributed by atoms with Gasteiger partial charge in [-0.3, -0.25) is 0 Å². The van der Waals surface area contributed by atoms with Gasteiger partial charge >= 0.3 is 0 Å². The summed E-state index contributed by atoms with van der Waals surface area (Å²) in [4.78, 5) is 10.7. The number of hydrogen-bond acceptors (Lipinski definition) is 5. The lowest BCUT2D eigenvalue weighted by atomic mass is 10.2. The minimum atomic E-state index is 0.844. The van der Waals surface area contributed by atoms with Gasteiger partial charge < -0.3 is 10.2 Å². The number of nitrogens with one attached hydrogen (secondary N) is 1. The van der Waals surface area contributed by atoms with Gasteiger partial charge in [0.05, 0.1) is 0 Å². The molecule has 0 aliphatic carbocycles. The molecule has 1 N–H and O–H groups in total. The predicted molar refractivity (Wildman–Crippen MR) is 80.3 cm³/mol. The highest BCUT2D eigenvalue weighted by molar-refractivity contribution is 7.98. The van der Waals surface area contributed by atoms with E-state index in [1.165, 1.54) is 17.7 Å². The fourth-order valence-electron chi connectivity index (χ4n) is 1.77. The van der Waals surface area contributed by atoms with Crippen LogP contribution in [0.25, 0.3) is 0 Å². The smallest absolute Gasteiger partial charge is 0.136 e. The highest BCUT2D eigenvalue weighted by atomic mass is 32.2. The van der Waals surface area contributed by atoms with Gasteiger partial charge in [0, 0.05) is 31.9 Å². The van der Waals surface area contributed by atoms with Crippen molar-refractivity contribution in [3.63, 3.8) is 0 Å². The van der Waals surface area contributed by atoms with E-state index in [4.69, 9.17) is 0 Å². The summed E-state index contributed by atoms with van der Waals surface area (Å²) in [5.41, 5.74) is 1.18. The summed E-state index contributed by atoms with van der Waals surface area (Å²) >= 11 is 1.89. The first-order chi connectivity index (χ1) is 8.79. The molecular formula is C13H24N4S. The van der Waals surface area contributed by atoms with E-state index in [-0.39, 0.29) is 0 Å². The molecule has 18 heavy (non-hydrogen) atoms. The Labute approximate surface area is 115 Å². The van der Waals surface area contributed by atoms with Gasteiger partial charge in [-0.05, 0) is 31.4 Å². The normalized spacial score (nSPS) is 10.6. The monoisotopic (exact) mass is 268 g/mol. The summed E-state index contributed by atoms with van der Waals surface area (Å²) in [5, 5.41) is 3.40. The Hall–Kier alpha value is -0.810. The van der Waals surface area contributed by atoms with Crippen LogP contribution in [0.5, 0.6) is 0 Å². The van der Waals surface area contributed by atoms with Crippen molar-refractivity contribution >= 4 is 17.6 Å². The predicted octanol–water partition coefficient (Wildman–Crippen LogP) is 2.17. The molecule has 0 aliphatic heterocycles. The van der Waals surface area contributed by atoms with Crippen LogP contribution >= 0.6 is 11.8 Å². The van der Waals surface area contributed by atoms with E-state index in [1.807, 2.05) is 18.0 Å². The topological polar surface area (TPSA) is 41.1 Å². The minimum absolute atomic E-state index is 0.844. The molecule has 1 rings (SSSR count). The standard InChI is InChI=1S/C13H24N4S/c1-4-6-14-9-12-10-15-11-16-13(12)17(2)7-5-8-18-3/h10-11,14H,4-9H2,1-3H3. The summed E-state index contributed by atoms with van der Waals surface area (Å²) in [7, 11) is 2.10. The van der Waals surface area contributed by atoms with Gasteiger partial charge in [-0.15, -0.1) is 0 Å². The average molecular weight is 268 g/mol. The van der Waals surface area contributed by atoms with Crippen molar-refractivity contribution in [1.82, 2.24) is 15.3 Å². The number of thioether (sulfide) groups is 1. The molecule has 0 saturated heterocycles. The molecule has 1 aromatic rings. The van der Waals surface area contributed by atoms with E-state index in [1.54, 1.807) is 6.33 Å². The molecule has 0 atom stereocenters. The number of anilines is 1. The van der Waals surface area contributed by atoms with Crippen LogP contribution in [0.2, 0.25) is 0 Å². The fraction of sp³-hybridized carbons (Fsp3) is 0.692. The van der Waals surface area contributed by atoms with E-state index < -0.39 is 0 Å². The fourth-order valence-corrected chi connectivity index (χ4v) is 2.19. The maximum atomic E-state index is 4.40. The quantitative estimate of drug-likeness (QED) is 0.695. The second-order valence-electron chi connectivity index (χ2n) is 4.32. The highest BCUT2D eigenvalue weighted by Crippen LogP contribution is 2.15. The molecule has 0 radical (unpaired) electrons. The number of nitrogens with zero attached hydrogens (tertiary/aromatic N) is 3. The Morgan fingerprint density at radius 2 is 2.28 bits per heavy atom. The van der Waals surface area contributed by atoms with Crippen molar-refractivity contribution in [2.24, 2.45) is 0 Å². The molecule has 1 aromatic heterocycles. The number of rotatable bonds is 9. The van der Waals surface area contributed by atoms with E-state index in [2.05, 4.69) is 40.4 Å². The third-order valence-electron chi connectivity index (χ3n) is 2.71. The molecule has 0 aliphatic rings. The Morgan fingerprint density at radius 1 is 1.44 bits per heavy atom. The molecule has 0 spiro atoms. The highest BCUT2D eigenvalue weighted by Gasteiger charge is 2.08. The van der Waals surface area contributed by atoms with E-state index in [0.717, 1.165) is 31.9 Å². The largest absolute Gasteiger partial charge is 0.359 e. The van der Waals surface area contributed by atoms with Gasteiger partial charge in [0.15, 0.2) is 0 Å². The van der Waals surface area contributed by atoms with Crippen LogP contribution in [0.1, 0.15) is 25.3 Å². The number of hydrogen-bond donors (Lipinski definition) is 1. The summed E-state index contributed by atoms with van der Waals surface area (Å²) in [6.45, 7) is 5.09. The van der Waals surface area contributed by atoms with Gasteiger partial charge in [0.1, 0.15) is 12.1 Å². The third-order valence-corrected chi connectivity index (χ3v) is 3.41. The lowest BCUT2D eigenvalue weighted by Gasteiger charge is -2.20. The van der Waals surface area contributed by atoms with Crippen LogP contribution in [0.3, 0.4) is 0 Å². The molecule has 0 unspecified atom stereocenters.